The van der Waals surface area contributed by atoms with Crippen molar-refractivity contribution in [1.82, 2.24) is 9.62 Å². The molecule has 0 aromatic heterocycles. The normalized spacial score (nSPS) is 17.0. The molecule has 156 valence electrons. The second kappa shape index (κ2) is 9.74. The van der Waals surface area contributed by atoms with Crippen molar-refractivity contribution in [2.75, 3.05) is 19.6 Å². The number of rotatable bonds is 7. The average Bonchev–Trinajstić information content (AvgIpc) is 2.72. The molecule has 1 aliphatic rings. The van der Waals surface area contributed by atoms with Gasteiger partial charge < -0.3 is 5.32 Å². The third kappa shape index (κ3) is 6.04. The Labute approximate surface area is 178 Å². The van der Waals surface area contributed by atoms with E-state index in [1.807, 2.05) is 18.2 Å². The van der Waals surface area contributed by atoms with Crippen molar-refractivity contribution in [3.63, 3.8) is 0 Å². The first-order chi connectivity index (χ1) is 13.8. The number of amides is 1. The molecule has 5 nitrogen and oxygen atoms in total. The maximum atomic E-state index is 12.7. The smallest absolute Gasteiger partial charge is 0.223 e. The summed E-state index contributed by atoms with van der Waals surface area (Å²) in [6.45, 7) is 3.40. The first kappa shape index (κ1) is 21.8. The van der Waals surface area contributed by atoms with E-state index in [4.69, 9.17) is 11.6 Å². The van der Waals surface area contributed by atoms with E-state index in [1.54, 1.807) is 24.3 Å². The topological polar surface area (TPSA) is 66.5 Å². The van der Waals surface area contributed by atoms with Crippen molar-refractivity contribution in [1.29, 1.82) is 0 Å². The largest absolute Gasteiger partial charge is 0.355 e. The fourth-order valence-electron chi connectivity index (χ4n) is 3.62. The lowest BCUT2D eigenvalue weighted by molar-refractivity contribution is -0.126. The van der Waals surface area contributed by atoms with Gasteiger partial charge in [-0.15, -0.1) is 0 Å². The molecule has 1 fully saturated rings. The molecule has 0 aliphatic carbocycles. The van der Waals surface area contributed by atoms with Gasteiger partial charge in [-0.1, -0.05) is 61.0 Å². The number of sulfonamides is 1. The lowest BCUT2D eigenvalue weighted by Crippen LogP contribution is -2.43. The summed E-state index contributed by atoms with van der Waals surface area (Å²) < 4.78 is 26.9. The van der Waals surface area contributed by atoms with Gasteiger partial charge in [0.25, 0.3) is 0 Å². The van der Waals surface area contributed by atoms with E-state index in [2.05, 4.69) is 24.4 Å². The molecule has 29 heavy (non-hydrogen) atoms. The summed E-state index contributed by atoms with van der Waals surface area (Å²) >= 11 is 5.95. The highest BCUT2D eigenvalue weighted by Crippen LogP contribution is 2.23. The van der Waals surface area contributed by atoms with Crippen LogP contribution in [0.2, 0.25) is 5.02 Å². The van der Waals surface area contributed by atoms with E-state index >= 15 is 0 Å². The van der Waals surface area contributed by atoms with Crippen LogP contribution in [0.5, 0.6) is 0 Å². The zero-order valence-corrected chi connectivity index (χ0v) is 18.1. The van der Waals surface area contributed by atoms with Crippen molar-refractivity contribution >= 4 is 27.5 Å². The highest BCUT2D eigenvalue weighted by atomic mass is 35.5. The van der Waals surface area contributed by atoms with Gasteiger partial charge in [-0.25, -0.2) is 12.7 Å². The Balaban J connectivity index is 1.48. The summed E-state index contributed by atoms with van der Waals surface area (Å²) in [5, 5.41) is 3.55. The predicted molar refractivity (Wildman–Crippen MR) is 116 cm³/mol. The van der Waals surface area contributed by atoms with E-state index in [-0.39, 0.29) is 23.5 Å². The summed E-state index contributed by atoms with van der Waals surface area (Å²) in [6, 6.07) is 17.0. The van der Waals surface area contributed by atoms with E-state index in [0.29, 0.717) is 43.1 Å². The Bertz CT molecular complexity index is 926. The molecule has 1 aliphatic heterocycles. The number of piperidine rings is 1. The Morgan fingerprint density at radius 3 is 2.48 bits per heavy atom. The van der Waals surface area contributed by atoms with E-state index in [0.717, 1.165) is 0 Å². The van der Waals surface area contributed by atoms with Gasteiger partial charge in [-0.2, -0.15) is 0 Å². The second-order valence-electron chi connectivity index (χ2n) is 7.62. The Kier molecular flexibility index (Phi) is 7.33. The van der Waals surface area contributed by atoms with Gasteiger partial charge in [-0.3, -0.25) is 4.79 Å². The molecule has 0 radical (unpaired) electrons. The van der Waals surface area contributed by atoms with Crippen molar-refractivity contribution in [3.8, 4) is 0 Å². The first-order valence-corrected chi connectivity index (χ1v) is 11.9. The summed E-state index contributed by atoms with van der Waals surface area (Å²) in [4.78, 5) is 12.5. The molecule has 0 spiro atoms. The number of nitrogens with one attached hydrogen (secondary N) is 1. The number of carbonyl (C=O) groups is 1. The van der Waals surface area contributed by atoms with Gasteiger partial charge in [0.2, 0.25) is 15.9 Å². The number of halogens is 1. The van der Waals surface area contributed by atoms with Crippen LogP contribution >= 0.6 is 11.6 Å². The Hall–Kier alpha value is -1.89. The quantitative estimate of drug-likeness (QED) is 0.720. The summed E-state index contributed by atoms with van der Waals surface area (Å²) in [7, 11) is -3.42. The lowest BCUT2D eigenvalue weighted by Gasteiger charge is -2.30. The SMILES string of the molecule is CC(CNC(=O)C1CCN(S(=O)(=O)Cc2cccc(Cl)c2)CC1)c1ccccc1. The maximum absolute atomic E-state index is 12.7. The number of benzene rings is 2. The van der Waals surface area contributed by atoms with E-state index in [1.165, 1.54) is 9.87 Å². The van der Waals surface area contributed by atoms with Gasteiger partial charge in [0, 0.05) is 30.6 Å². The molecule has 0 saturated carbocycles. The zero-order valence-electron chi connectivity index (χ0n) is 16.6. The fraction of sp³-hybridized carbons (Fsp3) is 0.409. The van der Waals surface area contributed by atoms with Crippen LogP contribution in [-0.4, -0.2) is 38.3 Å². The maximum Gasteiger partial charge on any atom is 0.223 e. The second-order valence-corrected chi connectivity index (χ2v) is 10.0. The Morgan fingerprint density at radius 1 is 1.14 bits per heavy atom. The molecular formula is C22H27ClN2O3S. The van der Waals surface area contributed by atoms with E-state index in [9.17, 15) is 13.2 Å². The fourth-order valence-corrected chi connectivity index (χ4v) is 5.39. The Morgan fingerprint density at radius 2 is 1.83 bits per heavy atom. The molecule has 1 heterocycles. The predicted octanol–water partition coefficient (Wildman–Crippen LogP) is 3.80. The standard InChI is InChI=1S/C22H27ClN2O3S/c1-17(19-7-3-2-4-8-19)15-24-22(26)20-10-12-25(13-11-20)29(27,28)16-18-6-5-9-21(23)14-18/h2-9,14,17,20H,10-13,15-16H2,1H3,(H,24,26). The van der Waals surface area contributed by atoms with Crippen LogP contribution in [-0.2, 0) is 20.6 Å². The van der Waals surface area contributed by atoms with Crippen LogP contribution in [0.3, 0.4) is 0 Å². The number of hydrogen-bond donors (Lipinski definition) is 1. The molecule has 2 aromatic carbocycles. The average molecular weight is 435 g/mol. The van der Waals surface area contributed by atoms with Crippen molar-refractivity contribution in [2.24, 2.45) is 5.92 Å². The zero-order chi connectivity index (χ0) is 20.9. The van der Waals surface area contributed by atoms with Crippen LogP contribution < -0.4 is 5.32 Å². The first-order valence-electron chi connectivity index (χ1n) is 9.90. The molecule has 1 N–H and O–H groups in total. The third-order valence-electron chi connectivity index (χ3n) is 5.41. The third-order valence-corrected chi connectivity index (χ3v) is 7.49. The molecule has 1 atom stereocenters. The van der Waals surface area contributed by atoms with Gasteiger partial charge >= 0.3 is 0 Å². The molecule has 0 bridgehead atoms. The van der Waals surface area contributed by atoms with Crippen molar-refractivity contribution < 1.29 is 13.2 Å². The molecule has 7 heteroatoms. The van der Waals surface area contributed by atoms with Crippen molar-refractivity contribution in [3.05, 3.63) is 70.7 Å². The van der Waals surface area contributed by atoms with E-state index < -0.39 is 10.0 Å². The van der Waals surface area contributed by atoms with Crippen LogP contribution in [0.25, 0.3) is 0 Å². The molecule has 1 saturated heterocycles. The molecule has 2 aromatic rings. The van der Waals surface area contributed by atoms with Crippen LogP contribution in [0.15, 0.2) is 54.6 Å². The van der Waals surface area contributed by atoms with Gasteiger partial charge in [-0.05, 0) is 42.0 Å². The summed E-state index contributed by atoms with van der Waals surface area (Å²) in [6.07, 6.45) is 1.08. The van der Waals surface area contributed by atoms with Crippen molar-refractivity contribution in [2.45, 2.75) is 31.4 Å². The minimum absolute atomic E-state index is 0.0136. The van der Waals surface area contributed by atoms with Gasteiger partial charge in [0.15, 0.2) is 0 Å². The molecule has 1 unspecified atom stereocenters. The summed E-state index contributed by atoms with van der Waals surface area (Å²) in [5.74, 6) is 0.0347. The van der Waals surface area contributed by atoms with Crippen LogP contribution in [0.1, 0.15) is 36.8 Å². The minimum Gasteiger partial charge on any atom is -0.355 e. The molecule has 1 amide bonds. The number of hydrogen-bond acceptors (Lipinski definition) is 3. The van der Waals surface area contributed by atoms with Crippen LogP contribution in [0, 0.1) is 5.92 Å². The highest BCUT2D eigenvalue weighted by Gasteiger charge is 2.31. The van der Waals surface area contributed by atoms with Gasteiger partial charge in [0.1, 0.15) is 0 Å². The summed E-state index contributed by atoms with van der Waals surface area (Å²) in [5.41, 5.74) is 1.86. The number of carbonyl (C=O) groups excluding carboxylic acids is 1. The number of nitrogens with zero attached hydrogens (tertiary/aromatic N) is 1. The van der Waals surface area contributed by atoms with Crippen LogP contribution in [0.4, 0.5) is 0 Å². The van der Waals surface area contributed by atoms with Gasteiger partial charge in [0.05, 0.1) is 5.75 Å². The monoisotopic (exact) mass is 434 g/mol. The molecular weight excluding hydrogens is 408 g/mol. The molecule has 3 rings (SSSR count). The lowest BCUT2D eigenvalue weighted by atomic mass is 9.96. The highest BCUT2D eigenvalue weighted by molar-refractivity contribution is 7.88. The minimum atomic E-state index is -3.42.